The van der Waals surface area contributed by atoms with Crippen molar-refractivity contribution in [2.24, 2.45) is 0 Å². The molecule has 1 saturated carbocycles. The molecule has 172 valence electrons. The molecule has 0 atom stereocenters. The average Bonchev–Trinajstić information content (AvgIpc) is 2.83. The van der Waals surface area contributed by atoms with Crippen molar-refractivity contribution in [2.45, 2.75) is 56.4 Å². The Balaban J connectivity index is 1.55. The highest BCUT2D eigenvalue weighted by Gasteiger charge is 2.22. The summed E-state index contributed by atoms with van der Waals surface area (Å²) in [6.07, 6.45) is 6.55. The Morgan fingerprint density at radius 2 is 1.88 bits per heavy atom. The van der Waals surface area contributed by atoms with Gasteiger partial charge in [-0.1, -0.05) is 49.1 Å². The molecule has 2 aromatic carbocycles. The van der Waals surface area contributed by atoms with Gasteiger partial charge < -0.3 is 15.0 Å². The molecule has 3 rings (SSSR count). The Labute approximate surface area is 195 Å². The standard InChI is InChI=1S/C26H34N2O3S/c1-19-13-14-23(31-3)20(17-19)15-16-27-26(30)22-11-7-8-12-24(22)32-18-25(29)28(2)21-9-5-4-6-10-21/h7-8,11-14,17,21H,4-6,9-10,15-16,18H2,1-3H3,(H,27,30). The van der Waals surface area contributed by atoms with E-state index >= 15 is 0 Å². The van der Waals surface area contributed by atoms with Crippen LogP contribution >= 0.6 is 11.8 Å². The minimum atomic E-state index is -0.118. The van der Waals surface area contributed by atoms with Crippen LogP contribution in [0.15, 0.2) is 47.4 Å². The summed E-state index contributed by atoms with van der Waals surface area (Å²) in [5.74, 6) is 1.19. The number of aryl methyl sites for hydroxylation is 1. The highest BCUT2D eigenvalue weighted by atomic mass is 32.2. The predicted molar refractivity (Wildman–Crippen MR) is 131 cm³/mol. The number of rotatable bonds is 9. The molecule has 0 heterocycles. The number of benzene rings is 2. The van der Waals surface area contributed by atoms with Gasteiger partial charge in [-0.2, -0.15) is 0 Å². The number of ether oxygens (including phenoxy) is 1. The van der Waals surface area contributed by atoms with E-state index in [-0.39, 0.29) is 11.8 Å². The van der Waals surface area contributed by atoms with Gasteiger partial charge in [-0.15, -0.1) is 11.8 Å². The summed E-state index contributed by atoms with van der Waals surface area (Å²) in [6.45, 7) is 2.56. The van der Waals surface area contributed by atoms with Gasteiger partial charge in [0.05, 0.1) is 18.4 Å². The molecule has 32 heavy (non-hydrogen) atoms. The lowest BCUT2D eigenvalue weighted by Gasteiger charge is -2.31. The van der Waals surface area contributed by atoms with Crippen molar-refractivity contribution in [3.05, 3.63) is 59.2 Å². The quantitative estimate of drug-likeness (QED) is 0.550. The van der Waals surface area contributed by atoms with Crippen LogP contribution in [-0.2, 0) is 11.2 Å². The first-order valence-electron chi connectivity index (χ1n) is 11.4. The first kappa shape index (κ1) is 24.2. The van der Waals surface area contributed by atoms with Gasteiger partial charge in [0.1, 0.15) is 5.75 Å². The number of amides is 2. The van der Waals surface area contributed by atoms with Crippen LogP contribution in [-0.4, -0.2) is 49.2 Å². The molecule has 1 aliphatic carbocycles. The molecule has 1 fully saturated rings. The van der Waals surface area contributed by atoms with Crippen LogP contribution in [0.2, 0.25) is 0 Å². The molecule has 0 unspecified atom stereocenters. The third-order valence-corrected chi connectivity index (χ3v) is 7.17. The Morgan fingerprint density at radius 3 is 2.62 bits per heavy atom. The summed E-state index contributed by atoms with van der Waals surface area (Å²) < 4.78 is 5.43. The number of methoxy groups -OCH3 is 1. The normalized spacial score (nSPS) is 14.1. The van der Waals surface area contributed by atoms with Crippen molar-refractivity contribution in [3.63, 3.8) is 0 Å². The smallest absolute Gasteiger partial charge is 0.252 e. The van der Waals surface area contributed by atoms with Gasteiger partial charge in [-0.25, -0.2) is 0 Å². The number of nitrogens with zero attached hydrogens (tertiary/aromatic N) is 1. The second-order valence-corrected chi connectivity index (χ2v) is 9.42. The SMILES string of the molecule is COc1ccc(C)cc1CCNC(=O)c1ccccc1SCC(=O)N(C)C1CCCCC1. The maximum atomic E-state index is 12.9. The van der Waals surface area contributed by atoms with E-state index in [1.807, 2.05) is 55.3 Å². The minimum Gasteiger partial charge on any atom is -0.496 e. The fraction of sp³-hybridized carbons (Fsp3) is 0.462. The lowest BCUT2D eigenvalue weighted by Crippen LogP contribution is -2.39. The second kappa shape index (κ2) is 12.0. The van der Waals surface area contributed by atoms with E-state index in [1.165, 1.54) is 31.0 Å². The van der Waals surface area contributed by atoms with Gasteiger partial charge in [-0.3, -0.25) is 9.59 Å². The van der Waals surface area contributed by atoms with Gasteiger partial charge in [0.25, 0.3) is 5.91 Å². The molecule has 0 bridgehead atoms. The van der Waals surface area contributed by atoms with E-state index in [2.05, 4.69) is 11.4 Å². The van der Waals surface area contributed by atoms with E-state index in [9.17, 15) is 9.59 Å². The predicted octanol–water partition coefficient (Wildman–Crippen LogP) is 4.86. The van der Waals surface area contributed by atoms with Crippen molar-refractivity contribution in [1.29, 1.82) is 0 Å². The molecule has 5 nitrogen and oxygen atoms in total. The number of hydrogen-bond acceptors (Lipinski definition) is 4. The maximum Gasteiger partial charge on any atom is 0.252 e. The molecule has 0 radical (unpaired) electrons. The molecule has 0 aliphatic heterocycles. The first-order chi connectivity index (χ1) is 15.5. The van der Waals surface area contributed by atoms with Gasteiger partial charge >= 0.3 is 0 Å². The second-order valence-electron chi connectivity index (χ2n) is 8.40. The van der Waals surface area contributed by atoms with Crippen LogP contribution in [0, 0.1) is 6.92 Å². The zero-order chi connectivity index (χ0) is 22.9. The Hall–Kier alpha value is -2.47. The summed E-state index contributed by atoms with van der Waals surface area (Å²) in [5, 5.41) is 3.02. The molecule has 1 aliphatic rings. The topological polar surface area (TPSA) is 58.6 Å². The Morgan fingerprint density at radius 1 is 1.12 bits per heavy atom. The molecule has 1 N–H and O–H groups in total. The van der Waals surface area contributed by atoms with Crippen LogP contribution in [0.5, 0.6) is 5.75 Å². The average molecular weight is 455 g/mol. The van der Waals surface area contributed by atoms with E-state index in [4.69, 9.17) is 4.74 Å². The molecule has 2 aromatic rings. The van der Waals surface area contributed by atoms with Crippen molar-refractivity contribution >= 4 is 23.6 Å². The number of thioether (sulfide) groups is 1. The summed E-state index contributed by atoms with van der Waals surface area (Å²) >= 11 is 1.44. The number of hydrogen-bond donors (Lipinski definition) is 1. The number of carbonyl (C=O) groups is 2. The van der Waals surface area contributed by atoms with Crippen molar-refractivity contribution in [3.8, 4) is 5.75 Å². The van der Waals surface area contributed by atoms with Crippen molar-refractivity contribution in [1.82, 2.24) is 10.2 Å². The molecular weight excluding hydrogens is 420 g/mol. The molecule has 0 aromatic heterocycles. The molecule has 2 amide bonds. The minimum absolute atomic E-state index is 0.118. The van der Waals surface area contributed by atoms with Gasteiger partial charge in [-0.05, 0) is 49.9 Å². The zero-order valence-electron chi connectivity index (χ0n) is 19.4. The molecular formula is C26H34N2O3S. The summed E-state index contributed by atoms with van der Waals surface area (Å²) in [6, 6.07) is 13.9. The highest BCUT2D eigenvalue weighted by Crippen LogP contribution is 2.26. The van der Waals surface area contributed by atoms with Crippen molar-refractivity contribution in [2.75, 3.05) is 26.5 Å². The van der Waals surface area contributed by atoms with Crippen LogP contribution in [0.25, 0.3) is 0 Å². The van der Waals surface area contributed by atoms with E-state index in [0.717, 1.165) is 34.6 Å². The number of carbonyl (C=O) groups excluding carboxylic acids is 2. The van der Waals surface area contributed by atoms with Crippen LogP contribution in [0.4, 0.5) is 0 Å². The monoisotopic (exact) mass is 454 g/mol. The van der Waals surface area contributed by atoms with Gasteiger partial charge in [0.2, 0.25) is 5.91 Å². The van der Waals surface area contributed by atoms with E-state index in [1.54, 1.807) is 7.11 Å². The van der Waals surface area contributed by atoms with Gasteiger partial charge in [0, 0.05) is 24.5 Å². The van der Waals surface area contributed by atoms with E-state index < -0.39 is 0 Å². The molecule has 0 saturated heterocycles. The first-order valence-corrected chi connectivity index (χ1v) is 12.4. The maximum absolute atomic E-state index is 12.9. The summed E-state index contributed by atoms with van der Waals surface area (Å²) in [4.78, 5) is 28.3. The van der Waals surface area contributed by atoms with Crippen LogP contribution in [0.3, 0.4) is 0 Å². The fourth-order valence-corrected chi connectivity index (χ4v) is 5.18. The third-order valence-electron chi connectivity index (χ3n) is 6.11. The van der Waals surface area contributed by atoms with Gasteiger partial charge in [0.15, 0.2) is 0 Å². The molecule has 0 spiro atoms. The summed E-state index contributed by atoms with van der Waals surface area (Å²) in [7, 11) is 3.57. The van der Waals surface area contributed by atoms with E-state index in [0.29, 0.717) is 30.3 Å². The van der Waals surface area contributed by atoms with Crippen LogP contribution in [0.1, 0.15) is 53.6 Å². The Kier molecular flexibility index (Phi) is 9.03. The Bertz CT molecular complexity index is 925. The highest BCUT2D eigenvalue weighted by molar-refractivity contribution is 8.00. The lowest BCUT2D eigenvalue weighted by atomic mass is 9.94. The lowest BCUT2D eigenvalue weighted by molar-refractivity contribution is -0.129. The summed E-state index contributed by atoms with van der Waals surface area (Å²) in [5.41, 5.74) is 2.85. The fourth-order valence-electron chi connectivity index (χ4n) is 4.20. The zero-order valence-corrected chi connectivity index (χ0v) is 20.2. The molecule has 6 heteroatoms. The third kappa shape index (κ3) is 6.52. The number of nitrogens with one attached hydrogen (secondary N) is 1. The van der Waals surface area contributed by atoms with Crippen LogP contribution < -0.4 is 10.1 Å². The largest absolute Gasteiger partial charge is 0.496 e. The van der Waals surface area contributed by atoms with Crippen molar-refractivity contribution < 1.29 is 14.3 Å².